The van der Waals surface area contributed by atoms with Gasteiger partial charge in [-0.25, -0.2) is 19.6 Å². The van der Waals surface area contributed by atoms with Crippen LogP contribution in [0.5, 0.6) is 40.2 Å². The lowest BCUT2D eigenvalue weighted by atomic mass is 9.82. The number of hydrogen-bond acceptors (Lipinski definition) is 21. The summed E-state index contributed by atoms with van der Waals surface area (Å²) in [4.78, 5) is 91.1. The lowest BCUT2D eigenvalue weighted by Gasteiger charge is -2.30. The van der Waals surface area contributed by atoms with Crippen molar-refractivity contribution in [2.24, 2.45) is 34.7 Å². The van der Waals surface area contributed by atoms with Crippen LogP contribution in [0.4, 0.5) is 5.13 Å². The summed E-state index contributed by atoms with van der Waals surface area (Å²) in [6.45, 7) is 12.2. The summed E-state index contributed by atoms with van der Waals surface area (Å²) in [6.07, 6.45) is 23.0. The minimum atomic E-state index is -0.404. The van der Waals surface area contributed by atoms with Crippen molar-refractivity contribution in [1.29, 1.82) is 0 Å². The van der Waals surface area contributed by atoms with Crippen LogP contribution in [0.3, 0.4) is 0 Å². The maximum absolute atomic E-state index is 13.9. The molecule has 5 aromatic rings. The number of thiazole rings is 1. The van der Waals surface area contributed by atoms with E-state index in [2.05, 4.69) is 20.1 Å². The van der Waals surface area contributed by atoms with Gasteiger partial charge >= 0.3 is 29.8 Å². The van der Waals surface area contributed by atoms with E-state index in [9.17, 15) is 24.0 Å². The van der Waals surface area contributed by atoms with Crippen LogP contribution in [0, 0.1) is 29.6 Å². The van der Waals surface area contributed by atoms with Gasteiger partial charge in [0.15, 0.2) is 11.5 Å². The van der Waals surface area contributed by atoms with E-state index < -0.39 is 11.9 Å². The standard InChI is InChI=1S/C74H95N3O17S/c1-5-8-9-14-44-77(74-76-70-66(83-4)20-19-21-67(70)95-74)75-50-58-49-64(42-43-65(58)94-89-52-54-24-28-56(29-25-54)72(81)91-62-38-34-59(35-39-62)84-45-15-10-12-17-47-86-68(78)6-2)92-73(82)57-30-32-61(33-31-57)90-71(80)55-26-22-53(23-27-55)51-88-93-63-40-36-60(37-41-63)85-46-16-11-13-18-48-87-69(79)7-3/h6-7,19-21,34-43,49-50,53-57,61H,2-3,5,8-18,22-33,44-48,51-52H2,1,4H3/b75-50+. The highest BCUT2D eigenvalue weighted by atomic mass is 32.1. The molecule has 0 aliphatic heterocycles. The van der Waals surface area contributed by atoms with Crippen LogP contribution in [-0.4, -0.2) is 100 Å². The SMILES string of the molecule is C=CC(=O)OCCCCCCOc1ccc(OOCC2CCC(C(=O)OC3CCC(C(=O)Oc4ccc(OOCC5CCC(C(=O)Oc6ccc(OCCCCCCOC(=O)C=C)cc6)CC5)c(/C=N/N(CCCCCC)c5nc6c(OC)cccc6s5)c4)CC3)CC2)cc1. The number of hydrazone groups is 1. The van der Waals surface area contributed by atoms with Gasteiger partial charge in [0.2, 0.25) is 5.13 Å². The number of rotatable bonds is 41. The molecule has 0 atom stereocenters. The number of esters is 5. The number of fused-ring (bicyclic) bond motifs is 1. The number of methoxy groups -OCH3 is 1. The molecule has 1 aromatic heterocycles. The van der Waals surface area contributed by atoms with Gasteiger partial charge in [-0.2, -0.15) is 14.9 Å². The number of hydrogen-bond donors (Lipinski definition) is 0. The number of unbranched alkanes of at least 4 members (excludes halogenated alkanes) is 9. The van der Waals surface area contributed by atoms with E-state index in [1.807, 2.05) is 47.5 Å². The Morgan fingerprint density at radius 2 is 1.05 bits per heavy atom. The van der Waals surface area contributed by atoms with Crippen molar-refractivity contribution >= 4 is 62.7 Å². The van der Waals surface area contributed by atoms with E-state index >= 15 is 0 Å². The van der Waals surface area contributed by atoms with Crippen LogP contribution in [0.2, 0.25) is 0 Å². The van der Waals surface area contributed by atoms with Crippen LogP contribution in [0.25, 0.3) is 10.2 Å². The summed E-state index contributed by atoms with van der Waals surface area (Å²) >= 11 is 1.53. The molecule has 8 rings (SSSR count). The van der Waals surface area contributed by atoms with Gasteiger partial charge in [-0.3, -0.25) is 14.4 Å². The normalized spacial score (nSPS) is 18.6. The Morgan fingerprint density at radius 3 is 1.62 bits per heavy atom. The molecule has 0 amide bonds. The van der Waals surface area contributed by atoms with Crippen LogP contribution in [0.1, 0.15) is 167 Å². The van der Waals surface area contributed by atoms with Crippen molar-refractivity contribution < 1.29 is 81.4 Å². The molecule has 3 aliphatic rings. The van der Waals surface area contributed by atoms with Gasteiger partial charge in [0.25, 0.3) is 0 Å². The predicted molar refractivity (Wildman–Crippen MR) is 362 cm³/mol. The van der Waals surface area contributed by atoms with E-state index in [0.29, 0.717) is 143 Å². The number of carbonyl (C=O) groups is 5. The first-order valence-corrected chi connectivity index (χ1v) is 34.9. The van der Waals surface area contributed by atoms with Gasteiger partial charge in [-0.15, -0.1) is 0 Å². The molecule has 514 valence electrons. The molecule has 0 unspecified atom stereocenters. The van der Waals surface area contributed by atoms with Crippen LogP contribution < -0.4 is 38.5 Å². The summed E-state index contributed by atoms with van der Waals surface area (Å²) in [5.41, 5.74) is 1.29. The molecule has 0 bridgehead atoms. The molecule has 3 saturated carbocycles. The van der Waals surface area contributed by atoms with Crippen molar-refractivity contribution in [3.05, 3.63) is 116 Å². The predicted octanol–water partition coefficient (Wildman–Crippen LogP) is 15.6. The Hall–Kier alpha value is -8.01. The molecule has 0 radical (unpaired) electrons. The second kappa shape index (κ2) is 40.4. The fourth-order valence-corrected chi connectivity index (χ4v) is 12.7. The van der Waals surface area contributed by atoms with E-state index in [0.717, 1.165) is 119 Å². The van der Waals surface area contributed by atoms with Gasteiger partial charge in [0.1, 0.15) is 40.4 Å². The zero-order chi connectivity index (χ0) is 66.8. The number of carbonyl (C=O) groups excluding carboxylic acids is 5. The summed E-state index contributed by atoms with van der Waals surface area (Å²) in [5.74, 6) is 1.89. The quantitative estimate of drug-likeness (QED) is 0.00518. The first-order valence-electron chi connectivity index (χ1n) is 34.1. The third-order valence-electron chi connectivity index (χ3n) is 17.4. The van der Waals surface area contributed by atoms with Crippen molar-refractivity contribution in [2.75, 3.05) is 58.3 Å². The smallest absolute Gasteiger partial charge is 0.330 e. The average molecular weight is 1330 g/mol. The monoisotopic (exact) mass is 1330 g/mol. The van der Waals surface area contributed by atoms with Crippen LogP contribution in [0.15, 0.2) is 115 Å². The molecule has 0 spiro atoms. The fourth-order valence-electron chi connectivity index (χ4n) is 11.7. The summed E-state index contributed by atoms with van der Waals surface area (Å²) < 4.78 is 46.3. The number of aromatic nitrogens is 1. The van der Waals surface area contributed by atoms with Gasteiger partial charge in [0, 0.05) is 24.3 Å². The Kier molecular flexibility index (Phi) is 31.0. The van der Waals surface area contributed by atoms with Crippen molar-refractivity contribution in [1.82, 2.24) is 4.98 Å². The molecular weight excluding hydrogens is 1230 g/mol. The first kappa shape index (κ1) is 72.8. The molecule has 3 fully saturated rings. The molecule has 0 saturated heterocycles. The van der Waals surface area contributed by atoms with Gasteiger partial charge in [-0.05, 0) is 226 Å². The van der Waals surface area contributed by atoms with Crippen molar-refractivity contribution in [3.63, 3.8) is 0 Å². The molecule has 20 nitrogen and oxygen atoms in total. The zero-order valence-electron chi connectivity index (χ0n) is 55.3. The summed E-state index contributed by atoms with van der Waals surface area (Å²) in [6, 6.07) is 25.4. The topological polar surface area (TPSA) is 225 Å². The lowest BCUT2D eigenvalue weighted by molar-refractivity contribution is -0.218. The number of anilines is 1. The molecule has 0 N–H and O–H groups in total. The van der Waals surface area contributed by atoms with Crippen LogP contribution >= 0.6 is 11.3 Å². The maximum Gasteiger partial charge on any atom is 0.330 e. The molecule has 95 heavy (non-hydrogen) atoms. The molecule has 21 heteroatoms. The van der Waals surface area contributed by atoms with E-state index in [1.54, 1.807) is 55.8 Å². The summed E-state index contributed by atoms with van der Waals surface area (Å²) in [5, 5.41) is 7.60. The second-order valence-corrected chi connectivity index (χ2v) is 25.6. The average Bonchev–Trinajstić information content (AvgIpc) is 1.72. The maximum atomic E-state index is 13.9. The van der Waals surface area contributed by atoms with Gasteiger partial charge in [-0.1, -0.05) is 56.7 Å². The third kappa shape index (κ3) is 24.9. The number of para-hydroxylation sites is 1. The number of benzene rings is 4. The minimum Gasteiger partial charge on any atom is -0.494 e. The highest BCUT2D eigenvalue weighted by Crippen LogP contribution is 2.37. The highest BCUT2D eigenvalue weighted by molar-refractivity contribution is 7.22. The molecule has 4 aromatic carbocycles. The van der Waals surface area contributed by atoms with Gasteiger partial charge in [0.05, 0.1) is 75.4 Å². The summed E-state index contributed by atoms with van der Waals surface area (Å²) in [7, 11) is 1.64. The Morgan fingerprint density at radius 1 is 0.547 bits per heavy atom. The Bertz CT molecular complexity index is 3200. The molecule has 1 heterocycles. The highest BCUT2D eigenvalue weighted by Gasteiger charge is 2.34. The Balaban J connectivity index is 0.774. The largest absolute Gasteiger partial charge is 0.494 e. The second-order valence-electron chi connectivity index (χ2n) is 24.6. The van der Waals surface area contributed by atoms with Gasteiger partial charge < -0.3 is 47.7 Å². The first-order chi connectivity index (χ1) is 46.5. The zero-order valence-corrected chi connectivity index (χ0v) is 56.1. The van der Waals surface area contributed by atoms with E-state index in [1.165, 1.54) is 23.5 Å². The van der Waals surface area contributed by atoms with E-state index in [4.69, 9.17) is 67.5 Å². The minimum absolute atomic E-state index is 0.144. The fraction of sp³-hybridized carbons (Fsp3) is 0.527. The number of nitrogens with zero attached hydrogens (tertiary/aromatic N) is 3. The van der Waals surface area contributed by atoms with Crippen molar-refractivity contribution in [2.45, 2.75) is 167 Å². The van der Waals surface area contributed by atoms with Crippen LogP contribution in [-0.2, 0) is 48.0 Å². The lowest BCUT2D eigenvalue weighted by Crippen LogP contribution is -2.33. The Labute approximate surface area is 562 Å². The molecule has 3 aliphatic carbocycles. The van der Waals surface area contributed by atoms with E-state index in [-0.39, 0.29) is 53.6 Å². The van der Waals surface area contributed by atoms with Crippen molar-refractivity contribution in [3.8, 4) is 40.2 Å². The number of ether oxygens (including phenoxy) is 8. The molecular formula is C74H95N3O17S. The third-order valence-corrected chi connectivity index (χ3v) is 18.5.